The number of carbonyl (C=O) groups is 5. The van der Waals surface area contributed by atoms with E-state index in [9.17, 15) is 24.0 Å². The number of esters is 1. The Kier molecular flexibility index (Phi) is 6.39. The van der Waals surface area contributed by atoms with Gasteiger partial charge in [0, 0.05) is 20.1 Å². The number of hydrogen-bond acceptors (Lipinski definition) is 6. The normalized spacial score (nSPS) is 30.2. The van der Waals surface area contributed by atoms with Crippen LogP contribution >= 0.6 is 0 Å². The maximum atomic E-state index is 12.7. The van der Waals surface area contributed by atoms with Gasteiger partial charge in [-0.05, 0) is 32.6 Å². The lowest BCUT2D eigenvalue weighted by atomic mass is 10.2. The second-order valence-corrected chi connectivity index (χ2v) is 7.84. The van der Waals surface area contributed by atoms with Gasteiger partial charge in [0.05, 0.1) is 13.0 Å². The maximum absolute atomic E-state index is 12.7. The molecule has 0 bridgehead atoms. The fourth-order valence-corrected chi connectivity index (χ4v) is 4.22. The van der Waals surface area contributed by atoms with Gasteiger partial charge in [-0.3, -0.25) is 19.2 Å². The van der Waals surface area contributed by atoms with Crippen LogP contribution in [0.2, 0.25) is 0 Å². The predicted octanol–water partition coefficient (Wildman–Crippen LogP) is -1.12. The van der Waals surface area contributed by atoms with Gasteiger partial charge < -0.3 is 24.8 Å². The Balaban J connectivity index is 1.79. The van der Waals surface area contributed by atoms with Gasteiger partial charge in [-0.2, -0.15) is 0 Å². The number of nitrogens with one attached hydrogen (secondary N) is 1. The number of fused-ring (bicyclic) bond motifs is 2. The third-order valence-electron chi connectivity index (χ3n) is 5.73. The third kappa shape index (κ3) is 4.51. The number of nitrogens with zero attached hydrogens (tertiary/aromatic N) is 3. The molecule has 0 aliphatic carbocycles. The molecule has 0 aromatic heterocycles. The van der Waals surface area contributed by atoms with E-state index in [1.807, 2.05) is 0 Å². The lowest BCUT2D eigenvalue weighted by Gasteiger charge is -2.30. The minimum atomic E-state index is -0.822. The van der Waals surface area contributed by atoms with Crippen molar-refractivity contribution in [1.82, 2.24) is 20.0 Å². The molecular weight excluding hydrogens is 380 g/mol. The number of ether oxygens (including phenoxy) is 1. The summed E-state index contributed by atoms with van der Waals surface area (Å²) in [6, 6.07) is -2.14. The molecule has 10 heteroatoms. The number of cyclic esters (lactones) is 1. The van der Waals surface area contributed by atoms with Gasteiger partial charge in [-0.1, -0.05) is 0 Å². The topological polar surface area (TPSA) is 116 Å². The Bertz CT molecular complexity index is 655. The summed E-state index contributed by atoms with van der Waals surface area (Å²) in [5.74, 6) is -1.94. The first-order chi connectivity index (χ1) is 13.8. The summed E-state index contributed by atoms with van der Waals surface area (Å²) in [5, 5.41) is 2.60. The summed E-state index contributed by atoms with van der Waals surface area (Å²) in [7, 11) is 1.51. The smallest absolute Gasteiger partial charge is 0.328 e. The van der Waals surface area contributed by atoms with E-state index in [-0.39, 0.29) is 37.3 Å². The van der Waals surface area contributed by atoms with E-state index in [4.69, 9.17) is 4.74 Å². The first-order valence-electron chi connectivity index (χ1n) is 10.1. The largest absolute Gasteiger partial charge is 0.464 e. The van der Waals surface area contributed by atoms with E-state index in [0.29, 0.717) is 38.8 Å². The second-order valence-electron chi connectivity index (χ2n) is 7.84. The summed E-state index contributed by atoms with van der Waals surface area (Å²) < 4.78 is 5.27. The number of likely N-dealkylation sites (N-methyl/N-ethyl adjacent to an activating group) is 1. The van der Waals surface area contributed by atoms with E-state index >= 15 is 0 Å². The van der Waals surface area contributed by atoms with E-state index in [1.165, 1.54) is 21.7 Å². The first-order valence-corrected chi connectivity index (χ1v) is 10.1. The molecule has 0 radical (unpaired) electrons. The molecule has 10 nitrogen and oxygen atoms in total. The molecule has 0 aromatic carbocycles. The predicted molar refractivity (Wildman–Crippen MR) is 100 cm³/mol. The highest BCUT2D eigenvalue weighted by Gasteiger charge is 2.39. The second kappa shape index (κ2) is 8.79. The number of rotatable bonds is 0. The minimum Gasteiger partial charge on any atom is -0.464 e. The highest BCUT2D eigenvalue weighted by molar-refractivity contribution is 5.94. The molecule has 3 heterocycles. The highest BCUT2D eigenvalue weighted by Crippen LogP contribution is 2.22. The molecule has 1 N–H and O–H groups in total. The van der Waals surface area contributed by atoms with E-state index < -0.39 is 30.0 Å². The molecule has 0 spiro atoms. The van der Waals surface area contributed by atoms with Crippen molar-refractivity contribution in [3.63, 3.8) is 0 Å². The van der Waals surface area contributed by atoms with E-state index in [0.717, 1.165) is 0 Å². The lowest BCUT2D eigenvalue weighted by Crippen LogP contribution is -2.54. The fourth-order valence-electron chi connectivity index (χ4n) is 4.22. The van der Waals surface area contributed by atoms with E-state index in [1.54, 1.807) is 6.92 Å². The molecular formula is C19H28N4O6. The molecule has 3 aliphatic rings. The Morgan fingerprint density at radius 1 is 0.931 bits per heavy atom. The summed E-state index contributed by atoms with van der Waals surface area (Å²) in [6.07, 6.45) is 2.37. The Hall–Kier alpha value is -2.65. The van der Waals surface area contributed by atoms with Crippen molar-refractivity contribution in [2.45, 2.75) is 57.2 Å². The van der Waals surface area contributed by atoms with Crippen LogP contribution in [0.1, 0.15) is 39.0 Å². The van der Waals surface area contributed by atoms with Crippen molar-refractivity contribution < 1.29 is 28.7 Å². The van der Waals surface area contributed by atoms with Crippen LogP contribution in [-0.2, 0) is 28.7 Å². The molecule has 3 unspecified atom stereocenters. The molecule has 160 valence electrons. The van der Waals surface area contributed by atoms with Gasteiger partial charge in [0.25, 0.3) is 0 Å². The van der Waals surface area contributed by atoms with Crippen LogP contribution in [0.4, 0.5) is 0 Å². The Morgan fingerprint density at radius 2 is 1.59 bits per heavy atom. The van der Waals surface area contributed by atoms with Crippen LogP contribution < -0.4 is 5.32 Å². The van der Waals surface area contributed by atoms with Gasteiger partial charge >= 0.3 is 5.97 Å². The van der Waals surface area contributed by atoms with Crippen molar-refractivity contribution in [2.24, 2.45) is 0 Å². The average Bonchev–Trinajstić information content (AvgIpc) is 3.35. The number of amides is 4. The monoisotopic (exact) mass is 408 g/mol. The molecule has 3 fully saturated rings. The molecule has 0 aromatic rings. The average molecular weight is 408 g/mol. The summed E-state index contributed by atoms with van der Waals surface area (Å²) in [4.78, 5) is 67.0. The van der Waals surface area contributed by atoms with Crippen molar-refractivity contribution in [1.29, 1.82) is 0 Å². The number of carbonyl (C=O) groups excluding carboxylic acids is 5. The number of hydrogen-bond donors (Lipinski definition) is 1. The van der Waals surface area contributed by atoms with Gasteiger partial charge in [-0.15, -0.1) is 0 Å². The molecule has 0 saturated carbocycles. The van der Waals surface area contributed by atoms with E-state index in [2.05, 4.69) is 5.32 Å². The van der Waals surface area contributed by atoms with Gasteiger partial charge in [0.2, 0.25) is 23.6 Å². The van der Waals surface area contributed by atoms with Gasteiger partial charge in [0.1, 0.15) is 24.7 Å². The van der Waals surface area contributed by atoms with Crippen LogP contribution in [0.5, 0.6) is 0 Å². The Labute approximate surface area is 169 Å². The summed E-state index contributed by atoms with van der Waals surface area (Å²) in [5.41, 5.74) is 0. The van der Waals surface area contributed by atoms with Crippen LogP contribution in [0.25, 0.3) is 0 Å². The van der Waals surface area contributed by atoms with Gasteiger partial charge in [-0.25, -0.2) is 4.79 Å². The molecule has 3 saturated heterocycles. The maximum Gasteiger partial charge on any atom is 0.328 e. The molecule has 3 aliphatic heterocycles. The van der Waals surface area contributed by atoms with Crippen LogP contribution in [-0.4, -0.2) is 95.7 Å². The summed E-state index contributed by atoms with van der Waals surface area (Å²) >= 11 is 0. The van der Waals surface area contributed by atoms with Gasteiger partial charge in [0.15, 0.2) is 0 Å². The van der Waals surface area contributed by atoms with Crippen molar-refractivity contribution >= 4 is 29.6 Å². The van der Waals surface area contributed by atoms with Crippen molar-refractivity contribution in [3.8, 4) is 0 Å². The lowest BCUT2D eigenvalue weighted by molar-refractivity contribution is -0.155. The third-order valence-corrected chi connectivity index (χ3v) is 5.73. The fraction of sp³-hybridized carbons (Fsp3) is 0.737. The SMILES string of the molecule is CC1NC(=O)CN(C)C(=O)C2CCCN2C(=O)CCOC(=O)C2CCCN2C1=O. The highest BCUT2D eigenvalue weighted by atomic mass is 16.5. The first kappa shape index (κ1) is 21.1. The molecule has 3 atom stereocenters. The van der Waals surface area contributed by atoms with Crippen LogP contribution in [0.3, 0.4) is 0 Å². The van der Waals surface area contributed by atoms with Crippen molar-refractivity contribution in [3.05, 3.63) is 0 Å². The zero-order valence-electron chi connectivity index (χ0n) is 16.9. The zero-order valence-corrected chi connectivity index (χ0v) is 16.9. The molecule has 4 amide bonds. The standard InChI is InChI=1S/C19H28N4O6/c1-12-17(26)23-9-4-6-14(23)19(28)29-10-7-16(25)22-8-3-5-13(22)18(27)21(2)11-15(24)20-12/h12-14H,3-11H2,1-2H3,(H,20,24). The minimum absolute atomic E-state index is 0.0171. The molecule has 3 rings (SSSR count). The zero-order chi connectivity index (χ0) is 21.1. The quantitative estimate of drug-likeness (QED) is 0.508. The van der Waals surface area contributed by atoms with Crippen LogP contribution in [0, 0.1) is 0 Å². The van der Waals surface area contributed by atoms with Crippen LogP contribution in [0.15, 0.2) is 0 Å². The Morgan fingerprint density at radius 3 is 2.31 bits per heavy atom. The molecule has 29 heavy (non-hydrogen) atoms. The summed E-state index contributed by atoms with van der Waals surface area (Å²) in [6.45, 7) is 2.14. The van der Waals surface area contributed by atoms with Crippen molar-refractivity contribution in [2.75, 3.05) is 33.3 Å².